The Hall–Kier alpha value is -9.16. The van der Waals surface area contributed by atoms with Gasteiger partial charge in [-0.3, -0.25) is 33.1 Å². The Balaban J connectivity index is 1.29. The van der Waals surface area contributed by atoms with Gasteiger partial charge in [0.25, 0.3) is 52.6 Å². The smallest absolute Gasteiger partial charge is 0.335 e. The van der Waals surface area contributed by atoms with Crippen LogP contribution in [0.3, 0.4) is 0 Å². The SMILES string of the molecule is Nc1c(N=Nc2ccc3c(O)c(N=Nc4ccc(N=Nc5cc(C(=O)O)ccc5OC=O)cc4)c(S(=O)(=O)O)cc3c2S(=O)(=O)O)cc(S(=O)(=O)O)c2ccc(N=Nc3ccc([N+](=O)[O-])cc3S(=O)(=O)O)c(O)c12. The number of anilines is 1. The molecule has 7 aromatic rings. The molecular formula is C40H26N10O20S4. The molecule has 0 aromatic heterocycles. The maximum atomic E-state index is 13.0. The number of aromatic carboxylic acids is 1. The third-order valence-corrected chi connectivity index (χ3v) is 13.5. The molecule has 0 bridgehead atoms. The summed E-state index contributed by atoms with van der Waals surface area (Å²) in [4.78, 5) is 27.9. The lowest BCUT2D eigenvalue weighted by Crippen LogP contribution is -2.03. The predicted octanol–water partition coefficient (Wildman–Crippen LogP) is 8.78. The molecule has 0 atom stereocenters. The zero-order valence-corrected chi connectivity index (χ0v) is 39.3. The topological polar surface area (TPSA) is 490 Å². The Bertz CT molecular complexity index is 4170. The fraction of sp³-hybridized carbons (Fsp3) is 0. The number of non-ortho nitro benzene ring substituents is 1. The van der Waals surface area contributed by atoms with Crippen LogP contribution in [0.15, 0.2) is 158 Å². The van der Waals surface area contributed by atoms with Crippen LogP contribution < -0.4 is 10.5 Å². The second-order valence-corrected chi connectivity index (χ2v) is 20.1. The van der Waals surface area contributed by atoms with Crippen LogP contribution in [0, 0.1) is 10.1 Å². The lowest BCUT2D eigenvalue weighted by Gasteiger charge is -2.13. The number of carbonyl (C=O) groups is 2. The number of hydrogen-bond acceptors (Lipinski definition) is 24. The van der Waals surface area contributed by atoms with Crippen molar-refractivity contribution in [2.75, 3.05) is 5.73 Å². The summed E-state index contributed by atoms with van der Waals surface area (Å²) in [5.41, 5.74) is 0.730. The van der Waals surface area contributed by atoms with Gasteiger partial charge in [-0.2, -0.15) is 43.9 Å². The Kier molecular flexibility index (Phi) is 14.1. The van der Waals surface area contributed by atoms with Crippen LogP contribution in [0.25, 0.3) is 21.5 Å². The molecule has 0 fully saturated rings. The molecule has 0 spiro atoms. The third-order valence-electron chi connectivity index (χ3n) is 9.94. The number of hydrogen-bond donors (Lipinski definition) is 8. The van der Waals surface area contributed by atoms with Gasteiger partial charge in [0.15, 0.2) is 17.2 Å². The molecule has 74 heavy (non-hydrogen) atoms. The normalized spacial score (nSPS) is 12.7. The number of azo groups is 4. The number of carboxylic acid groups (broad SMARTS) is 1. The van der Waals surface area contributed by atoms with Crippen molar-refractivity contribution in [3.63, 3.8) is 0 Å². The van der Waals surface area contributed by atoms with Gasteiger partial charge in [0.05, 0.1) is 32.9 Å². The number of phenols is 2. The standard InChI is InChI=1S/C40H26N10O20S4/c41-35-29(16-31(71(58,59)60)23-8-10-26(38(53)34(23)35)45-44-25-9-6-21(50(56)57)14-32(25)72(61,62)63)48-46-27-11-7-22-24(39(27)74(67,68)69)15-33(73(64,65)66)36(37(22)52)49-43-20-4-2-19(3-5-20)42-47-28-13-18(40(54)55)1-12-30(28)70-17-51/h1-17,52-53H,41H2,(H,54,55)(H,58,59,60)(H,61,62,63)(H,64,65,66)(H,67,68,69). The molecule has 30 nitrogen and oxygen atoms in total. The molecule has 0 aliphatic carbocycles. The summed E-state index contributed by atoms with van der Waals surface area (Å²) in [7, 11) is -21.5. The summed E-state index contributed by atoms with van der Waals surface area (Å²) in [5.74, 6) is -3.57. The minimum Gasteiger partial charge on any atom is -0.505 e. The van der Waals surface area contributed by atoms with E-state index < -0.39 is 144 Å². The molecule has 380 valence electrons. The zero-order valence-electron chi connectivity index (χ0n) is 36.0. The van der Waals surface area contributed by atoms with E-state index in [9.17, 15) is 86.9 Å². The van der Waals surface area contributed by atoms with E-state index >= 15 is 0 Å². The molecule has 0 unspecified atom stereocenters. The molecule has 0 saturated heterocycles. The van der Waals surface area contributed by atoms with Crippen LogP contribution in [0.4, 0.5) is 56.9 Å². The molecule has 0 amide bonds. The number of carboxylic acids is 1. The zero-order chi connectivity index (χ0) is 54.2. The van der Waals surface area contributed by atoms with Crippen molar-refractivity contribution in [3.05, 3.63) is 113 Å². The number of carbonyl (C=O) groups excluding carboxylic acids is 1. The summed E-state index contributed by atoms with van der Waals surface area (Å²) in [5, 5.41) is 70.8. The number of nitro benzene ring substituents is 1. The molecule has 9 N–H and O–H groups in total. The maximum absolute atomic E-state index is 13.0. The first-order valence-electron chi connectivity index (χ1n) is 19.4. The molecule has 0 heterocycles. The van der Waals surface area contributed by atoms with E-state index in [2.05, 4.69) is 40.9 Å². The first-order chi connectivity index (χ1) is 34.6. The number of rotatable bonds is 16. The van der Waals surface area contributed by atoms with Gasteiger partial charge in [-0.25, -0.2) is 4.79 Å². The van der Waals surface area contributed by atoms with Crippen molar-refractivity contribution in [2.24, 2.45) is 40.9 Å². The Morgan fingerprint density at radius 2 is 1.09 bits per heavy atom. The molecule has 34 heteroatoms. The highest BCUT2D eigenvalue weighted by Crippen LogP contribution is 2.48. The lowest BCUT2D eigenvalue weighted by molar-refractivity contribution is -0.385. The van der Waals surface area contributed by atoms with Crippen molar-refractivity contribution in [3.8, 4) is 17.2 Å². The molecule has 0 radical (unpaired) electrons. The number of aromatic hydroxyl groups is 2. The first kappa shape index (κ1) is 52.7. The van der Waals surface area contributed by atoms with Gasteiger partial charge in [-0.1, -0.05) is 6.07 Å². The number of fused-ring (bicyclic) bond motifs is 2. The Labute approximate surface area is 412 Å². The molecule has 0 aliphatic rings. The van der Waals surface area contributed by atoms with Crippen LogP contribution in [0.1, 0.15) is 10.4 Å². The third kappa shape index (κ3) is 11.0. The average molecular weight is 1090 g/mol. The van der Waals surface area contributed by atoms with E-state index in [-0.39, 0.29) is 34.8 Å². The Morgan fingerprint density at radius 1 is 0.554 bits per heavy atom. The summed E-state index contributed by atoms with van der Waals surface area (Å²) >= 11 is 0. The van der Waals surface area contributed by atoms with Crippen LogP contribution in [0.5, 0.6) is 17.2 Å². The van der Waals surface area contributed by atoms with Gasteiger partial charge < -0.3 is 25.8 Å². The summed E-state index contributed by atoms with van der Waals surface area (Å²) in [6.07, 6.45) is 0. The number of nitrogen functional groups attached to an aromatic ring is 1. The highest BCUT2D eigenvalue weighted by atomic mass is 32.2. The second-order valence-electron chi connectivity index (χ2n) is 14.6. The predicted molar refractivity (Wildman–Crippen MR) is 251 cm³/mol. The number of benzene rings is 7. The Morgan fingerprint density at radius 3 is 1.68 bits per heavy atom. The van der Waals surface area contributed by atoms with E-state index in [1.165, 1.54) is 30.3 Å². The number of ether oxygens (including phenoxy) is 1. The molecule has 0 aliphatic heterocycles. The number of nitro groups is 1. The van der Waals surface area contributed by atoms with Gasteiger partial charge >= 0.3 is 5.97 Å². The van der Waals surface area contributed by atoms with E-state index in [4.69, 9.17) is 10.5 Å². The second kappa shape index (κ2) is 19.8. The van der Waals surface area contributed by atoms with E-state index in [1.54, 1.807) is 0 Å². The van der Waals surface area contributed by atoms with E-state index in [0.717, 1.165) is 48.5 Å². The maximum Gasteiger partial charge on any atom is 0.335 e. The largest absolute Gasteiger partial charge is 0.505 e. The summed E-state index contributed by atoms with van der Waals surface area (Å²) < 4.78 is 146. The van der Waals surface area contributed by atoms with Gasteiger partial charge in [-0.05, 0) is 78.9 Å². The van der Waals surface area contributed by atoms with Crippen LogP contribution in [0.2, 0.25) is 0 Å². The summed E-state index contributed by atoms with van der Waals surface area (Å²) in [6, 6.07) is 15.3. The highest BCUT2D eigenvalue weighted by Gasteiger charge is 2.29. The molecular weight excluding hydrogens is 1070 g/mol. The molecule has 7 aromatic carbocycles. The highest BCUT2D eigenvalue weighted by molar-refractivity contribution is 7.87. The first-order valence-corrected chi connectivity index (χ1v) is 25.2. The number of nitrogens with two attached hydrogens (primary N) is 1. The van der Waals surface area contributed by atoms with E-state index in [1.807, 2.05) is 0 Å². The van der Waals surface area contributed by atoms with Gasteiger partial charge in [0.2, 0.25) is 0 Å². The average Bonchev–Trinajstić information content (AvgIpc) is 3.31. The minimum atomic E-state index is -5.56. The fourth-order valence-corrected chi connectivity index (χ4v) is 9.49. The van der Waals surface area contributed by atoms with Gasteiger partial charge in [-0.15, -0.1) is 30.7 Å². The molecule has 0 saturated carbocycles. The number of nitrogens with zero attached hydrogens (tertiary/aromatic N) is 9. The van der Waals surface area contributed by atoms with Crippen LogP contribution in [-0.4, -0.2) is 84.6 Å². The van der Waals surface area contributed by atoms with E-state index in [0.29, 0.717) is 18.2 Å². The minimum absolute atomic E-state index is 0.0486. The van der Waals surface area contributed by atoms with Crippen LogP contribution >= 0.6 is 0 Å². The number of phenolic OH excluding ortho intramolecular Hbond substituents is 2. The van der Waals surface area contributed by atoms with Gasteiger partial charge in [0, 0.05) is 28.3 Å². The quantitative estimate of drug-likeness (QED) is 0.0112. The monoisotopic (exact) mass is 1090 g/mol. The fourth-order valence-electron chi connectivity index (χ4n) is 6.67. The van der Waals surface area contributed by atoms with Gasteiger partial charge in [0.1, 0.15) is 53.7 Å². The van der Waals surface area contributed by atoms with Crippen molar-refractivity contribution in [1.29, 1.82) is 0 Å². The molecule has 7 rings (SSSR count). The van der Waals surface area contributed by atoms with Crippen molar-refractivity contribution in [1.82, 2.24) is 0 Å². The summed E-state index contributed by atoms with van der Waals surface area (Å²) in [6.45, 7) is 0.0869. The lowest BCUT2D eigenvalue weighted by atomic mass is 10.1. The van der Waals surface area contributed by atoms with Crippen molar-refractivity contribution in [2.45, 2.75) is 19.6 Å². The van der Waals surface area contributed by atoms with Crippen LogP contribution in [-0.2, 0) is 45.3 Å². The van der Waals surface area contributed by atoms with Crippen molar-refractivity contribution >= 4 is 131 Å². The van der Waals surface area contributed by atoms with Crippen molar-refractivity contribution < 1.29 is 86.5 Å².